The van der Waals surface area contributed by atoms with E-state index in [-0.39, 0.29) is 11.8 Å². The zero-order valence-corrected chi connectivity index (χ0v) is 14.3. The van der Waals surface area contributed by atoms with Crippen molar-refractivity contribution in [1.82, 2.24) is 4.90 Å². The minimum atomic E-state index is -0.607. The third-order valence-corrected chi connectivity index (χ3v) is 4.45. The van der Waals surface area contributed by atoms with Crippen molar-refractivity contribution in [2.24, 2.45) is 0 Å². The van der Waals surface area contributed by atoms with Crippen LogP contribution >= 0.6 is 11.8 Å². The topological polar surface area (TPSA) is 94.2 Å². The van der Waals surface area contributed by atoms with Gasteiger partial charge in [0.15, 0.2) is 18.1 Å². The summed E-state index contributed by atoms with van der Waals surface area (Å²) < 4.78 is 16.0. The van der Waals surface area contributed by atoms with Crippen molar-refractivity contribution in [2.75, 3.05) is 44.0 Å². The van der Waals surface area contributed by atoms with Gasteiger partial charge < -0.3 is 24.4 Å². The lowest BCUT2D eigenvalue weighted by Gasteiger charge is -2.13. The fraction of sp³-hybridized carbons (Fsp3) is 0.438. The molecular weight excluding hydrogens is 348 g/mol. The summed E-state index contributed by atoms with van der Waals surface area (Å²) in [7, 11) is 0. The summed E-state index contributed by atoms with van der Waals surface area (Å²) >= 11 is 1.16. The van der Waals surface area contributed by atoms with Gasteiger partial charge >= 0.3 is 5.97 Å². The fourth-order valence-electron chi connectivity index (χ4n) is 2.35. The van der Waals surface area contributed by atoms with Crippen molar-refractivity contribution >= 4 is 34.6 Å². The van der Waals surface area contributed by atoms with E-state index in [1.54, 1.807) is 18.2 Å². The minimum Gasteiger partial charge on any atom is -0.490 e. The second-order valence-electron chi connectivity index (χ2n) is 5.46. The highest BCUT2D eigenvalue weighted by Crippen LogP contribution is 2.32. The van der Waals surface area contributed by atoms with E-state index in [4.69, 9.17) is 14.2 Å². The Morgan fingerprint density at radius 3 is 2.80 bits per heavy atom. The first-order valence-corrected chi connectivity index (χ1v) is 8.87. The summed E-state index contributed by atoms with van der Waals surface area (Å²) in [5, 5.41) is 2.49. The van der Waals surface area contributed by atoms with Crippen LogP contribution in [0.4, 0.5) is 10.5 Å². The Hall–Kier alpha value is -2.42. The maximum absolute atomic E-state index is 11.9. The van der Waals surface area contributed by atoms with Crippen molar-refractivity contribution in [2.45, 2.75) is 6.42 Å². The smallest absolute Gasteiger partial charge is 0.326 e. The molecule has 0 saturated carbocycles. The number of ether oxygens (including phenoxy) is 3. The number of carbonyl (C=O) groups is 3. The predicted octanol–water partition coefficient (Wildman–Crippen LogP) is 1.50. The SMILES string of the molecule is O=C(COC(=O)CN1CCSC1=O)Nc1ccc2c(c1)OCCCO2. The fourth-order valence-corrected chi connectivity index (χ4v) is 3.18. The maximum Gasteiger partial charge on any atom is 0.326 e. The lowest BCUT2D eigenvalue weighted by atomic mass is 10.2. The molecule has 1 N–H and O–H groups in total. The highest BCUT2D eigenvalue weighted by molar-refractivity contribution is 8.13. The number of rotatable bonds is 5. The molecule has 0 aromatic heterocycles. The molecule has 1 fully saturated rings. The Bertz CT molecular complexity index is 681. The third kappa shape index (κ3) is 4.79. The average Bonchev–Trinajstić information content (AvgIpc) is 2.85. The second-order valence-corrected chi connectivity index (χ2v) is 6.50. The van der Waals surface area contributed by atoms with E-state index >= 15 is 0 Å². The van der Waals surface area contributed by atoms with Crippen LogP contribution in [-0.4, -0.2) is 60.7 Å². The number of nitrogens with zero attached hydrogens (tertiary/aromatic N) is 1. The summed E-state index contributed by atoms with van der Waals surface area (Å²) in [6, 6.07) is 5.08. The average molecular weight is 366 g/mol. The highest BCUT2D eigenvalue weighted by atomic mass is 32.2. The maximum atomic E-state index is 11.9. The molecule has 3 rings (SSSR count). The van der Waals surface area contributed by atoms with Gasteiger partial charge in [0.1, 0.15) is 6.54 Å². The van der Waals surface area contributed by atoms with E-state index in [0.29, 0.717) is 42.7 Å². The number of thioether (sulfide) groups is 1. The Balaban J connectivity index is 1.46. The Labute approximate surface area is 148 Å². The normalized spacial score (nSPS) is 16.3. The van der Waals surface area contributed by atoms with Crippen LogP contribution in [0, 0.1) is 0 Å². The molecular formula is C16H18N2O6S. The van der Waals surface area contributed by atoms with Gasteiger partial charge in [0.2, 0.25) is 0 Å². The van der Waals surface area contributed by atoms with Crippen molar-refractivity contribution in [3.63, 3.8) is 0 Å². The van der Waals surface area contributed by atoms with Gasteiger partial charge in [0.05, 0.1) is 13.2 Å². The number of amides is 2. The molecule has 1 aromatic carbocycles. The number of hydrogen-bond acceptors (Lipinski definition) is 7. The molecule has 134 valence electrons. The molecule has 2 aliphatic heterocycles. The molecule has 1 aromatic rings. The molecule has 9 heteroatoms. The van der Waals surface area contributed by atoms with Gasteiger partial charge in [-0.25, -0.2) is 0 Å². The Kier molecular flexibility index (Phi) is 5.64. The lowest BCUT2D eigenvalue weighted by Crippen LogP contribution is -2.32. The van der Waals surface area contributed by atoms with E-state index in [1.165, 1.54) is 4.90 Å². The number of esters is 1. The Morgan fingerprint density at radius 2 is 2.04 bits per heavy atom. The number of carbonyl (C=O) groups excluding carboxylic acids is 3. The van der Waals surface area contributed by atoms with Gasteiger partial charge in [-0.2, -0.15) is 0 Å². The standard InChI is InChI=1S/C16H18N2O6S/c19-14(10-24-15(20)9-18-4-7-25-16(18)21)17-11-2-3-12-13(8-11)23-6-1-5-22-12/h2-3,8H,1,4-7,9-10H2,(H,17,19). The number of benzene rings is 1. The van der Waals surface area contributed by atoms with Gasteiger partial charge in [0, 0.05) is 30.5 Å². The van der Waals surface area contributed by atoms with Gasteiger partial charge in [0.25, 0.3) is 11.1 Å². The molecule has 25 heavy (non-hydrogen) atoms. The number of anilines is 1. The highest BCUT2D eigenvalue weighted by Gasteiger charge is 2.24. The molecule has 8 nitrogen and oxygen atoms in total. The summed E-state index contributed by atoms with van der Waals surface area (Å²) in [5.74, 6) is 0.790. The molecule has 2 aliphatic rings. The van der Waals surface area contributed by atoms with Crippen LogP contribution in [0.15, 0.2) is 18.2 Å². The molecule has 0 unspecified atom stereocenters. The van der Waals surface area contributed by atoms with Crippen LogP contribution in [-0.2, 0) is 14.3 Å². The van der Waals surface area contributed by atoms with Gasteiger partial charge in [-0.1, -0.05) is 11.8 Å². The van der Waals surface area contributed by atoms with Crippen LogP contribution in [0.25, 0.3) is 0 Å². The molecule has 1 saturated heterocycles. The van der Waals surface area contributed by atoms with Crippen molar-refractivity contribution in [1.29, 1.82) is 0 Å². The first-order chi connectivity index (χ1) is 12.1. The molecule has 2 amide bonds. The van der Waals surface area contributed by atoms with Crippen molar-refractivity contribution in [3.8, 4) is 11.5 Å². The van der Waals surface area contributed by atoms with E-state index in [0.717, 1.165) is 18.2 Å². The largest absolute Gasteiger partial charge is 0.490 e. The van der Waals surface area contributed by atoms with E-state index in [9.17, 15) is 14.4 Å². The molecule has 0 aliphatic carbocycles. The van der Waals surface area contributed by atoms with Crippen molar-refractivity contribution < 1.29 is 28.6 Å². The first kappa shape index (κ1) is 17.4. The summed E-state index contributed by atoms with van der Waals surface area (Å²) in [6.45, 7) is 1.11. The quantitative estimate of drug-likeness (QED) is 0.789. The van der Waals surface area contributed by atoms with E-state index in [2.05, 4.69) is 5.32 Å². The van der Waals surface area contributed by atoms with Gasteiger partial charge in [-0.15, -0.1) is 0 Å². The minimum absolute atomic E-state index is 0.136. The molecule has 2 heterocycles. The predicted molar refractivity (Wildman–Crippen MR) is 91.1 cm³/mol. The van der Waals surface area contributed by atoms with Crippen molar-refractivity contribution in [3.05, 3.63) is 18.2 Å². The Morgan fingerprint density at radius 1 is 1.24 bits per heavy atom. The van der Waals surface area contributed by atoms with Crippen LogP contribution in [0.2, 0.25) is 0 Å². The lowest BCUT2D eigenvalue weighted by molar-refractivity contribution is -0.147. The molecule has 0 atom stereocenters. The second kappa shape index (κ2) is 8.11. The van der Waals surface area contributed by atoms with E-state index < -0.39 is 18.5 Å². The van der Waals surface area contributed by atoms with Crippen LogP contribution in [0.1, 0.15) is 6.42 Å². The summed E-state index contributed by atoms with van der Waals surface area (Å²) in [4.78, 5) is 36.4. The van der Waals surface area contributed by atoms with Crippen LogP contribution < -0.4 is 14.8 Å². The van der Waals surface area contributed by atoms with Gasteiger partial charge in [-0.3, -0.25) is 14.4 Å². The summed E-state index contributed by atoms with van der Waals surface area (Å²) in [6.07, 6.45) is 0.796. The monoisotopic (exact) mass is 366 g/mol. The zero-order chi connectivity index (χ0) is 17.6. The van der Waals surface area contributed by atoms with Gasteiger partial charge in [-0.05, 0) is 12.1 Å². The summed E-state index contributed by atoms with van der Waals surface area (Å²) in [5.41, 5.74) is 0.524. The van der Waals surface area contributed by atoms with Crippen LogP contribution in [0.3, 0.4) is 0 Å². The first-order valence-electron chi connectivity index (χ1n) is 7.88. The number of fused-ring (bicyclic) bond motifs is 1. The van der Waals surface area contributed by atoms with E-state index in [1.807, 2.05) is 0 Å². The number of hydrogen-bond donors (Lipinski definition) is 1. The molecule has 0 spiro atoms. The molecule has 0 radical (unpaired) electrons. The molecule has 0 bridgehead atoms. The third-order valence-electron chi connectivity index (χ3n) is 3.56. The van der Waals surface area contributed by atoms with Crippen LogP contribution in [0.5, 0.6) is 11.5 Å². The zero-order valence-electron chi connectivity index (χ0n) is 13.5. The number of nitrogens with one attached hydrogen (secondary N) is 1.